The number of hydrogen-bond donors (Lipinski definition) is 3. The largest absolute Gasteiger partial charge is 2.00 e. The predicted octanol–water partition coefficient (Wildman–Crippen LogP) is -0.0756. The minimum Gasteiger partial charge on any atom is -1.00 e. The van der Waals surface area contributed by atoms with Crippen LogP contribution in [0.3, 0.4) is 0 Å². The first-order chi connectivity index (χ1) is 5.70. The van der Waals surface area contributed by atoms with Gasteiger partial charge in [-0.3, -0.25) is 4.98 Å². The molecule has 0 aromatic carbocycles. The van der Waals surface area contributed by atoms with E-state index in [1.54, 1.807) is 6.92 Å². The number of aliphatic hydroxyl groups is 2. The number of rotatable bonds is 2. The number of pyridine rings is 1. The second-order valence-corrected chi connectivity index (χ2v) is 2.51. The van der Waals surface area contributed by atoms with E-state index < -0.39 is 0 Å². The van der Waals surface area contributed by atoms with Crippen LogP contribution < -0.4 is 0 Å². The number of nitrogens with zero attached hydrogens (tertiary/aromatic N) is 1. The summed E-state index contributed by atoms with van der Waals surface area (Å²) in [6.45, 7) is 1.12. The van der Waals surface area contributed by atoms with E-state index in [0.717, 1.165) is 0 Å². The molecule has 0 radical (unpaired) electrons. The van der Waals surface area contributed by atoms with Crippen LogP contribution in [-0.2, 0) is 13.2 Å². The first kappa shape index (κ1) is 13.1. The molecule has 1 aromatic heterocycles. The molecule has 0 saturated heterocycles. The Morgan fingerprint density at radius 1 is 1.38 bits per heavy atom. The molecule has 0 aliphatic carbocycles. The van der Waals surface area contributed by atoms with Crippen molar-refractivity contribution in [3.05, 3.63) is 23.0 Å². The molecule has 1 heterocycles. The summed E-state index contributed by atoms with van der Waals surface area (Å²) in [6, 6.07) is 0. The average Bonchev–Trinajstić information content (AvgIpc) is 2.09. The molecule has 3 N–H and O–H groups in total. The fraction of sp³-hybridized carbons (Fsp3) is 0.375. The van der Waals surface area contributed by atoms with Gasteiger partial charge in [0, 0.05) is 17.3 Å². The monoisotopic (exact) mass is 211 g/mol. The zero-order valence-electron chi connectivity index (χ0n) is 9.49. The van der Waals surface area contributed by atoms with Crippen molar-refractivity contribution >= 4 is 37.7 Å². The van der Waals surface area contributed by atoms with Gasteiger partial charge >= 0.3 is 37.7 Å². The average molecular weight is 211 g/mol. The zero-order valence-corrected chi connectivity index (χ0v) is 9.70. The SMILES string of the molecule is Cc1ncc(CO)c(CO)c1O.[Ca+2].[H-].[H-]. The molecule has 0 bridgehead atoms. The Bertz CT molecular complexity index is 299. The van der Waals surface area contributed by atoms with Crippen LogP contribution in [0.4, 0.5) is 0 Å². The Kier molecular flexibility index (Phi) is 5.83. The third-order valence-corrected chi connectivity index (χ3v) is 1.76. The Balaban J connectivity index is -0.000000480. The molecule has 0 saturated carbocycles. The van der Waals surface area contributed by atoms with Gasteiger partial charge in [0.05, 0.1) is 18.9 Å². The number of aromatic nitrogens is 1. The van der Waals surface area contributed by atoms with Crippen molar-refractivity contribution in [2.45, 2.75) is 20.1 Å². The number of hydrogen-bond acceptors (Lipinski definition) is 4. The van der Waals surface area contributed by atoms with Crippen molar-refractivity contribution in [3.8, 4) is 5.75 Å². The molecule has 0 atom stereocenters. The van der Waals surface area contributed by atoms with Gasteiger partial charge in [-0.25, -0.2) is 0 Å². The van der Waals surface area contributed by atoms with Crippen molar-refractivity contribution in [1.29, 1.82) is 0 Å². The quantitative estimate of drug-likeness (QED) is 0.598. The number of aryl methyl sites for hydroxylation is 1. The molecule has 0 spiro atoms. The van der Waals surface area contributed by atoms with E-state index in [0.29, 0.717) is 16.8 Å². The van der Waals surface area contributed by atoms with Crippen LogP contribution >= 0.6 is 0 Å². The molecule has 1 rings (SSSR count). The third kappa shape index (κ3) is 2.79. The van der Waals surface area contributed by atoms with Gasteiger partial charge in [-0.2, -0.15) is 0 Å². The molecule has 0 unspecified atom stereocenters. The van der Waals surface area contributed by atoms with Crippen molar-refractivity contribution < 1.29 is 18.2 Å². The van der Waals surface area contributed by atoms with Gasteiger partial charge in [0.25, 0.3) is 0 Å². The van der Waals surface area contributed by atoms with Crippen LogP contribution in [0.1, 0.15) is 19.7 Å². The second kappa shape index (κ2) is 5.78. The van der Waals surface area contributed by atoms with Crippen molar-refractivity contribution in [2.24, 2.45) is 0 Å². The van der Waals surface area contributed by atoms with E-state index in [4.69, 9.17) is 10.2 Å². The van der Waals surface area contributed by atoms with Gasteiger partial charge in [0.2, 0.25) is 0 Å². The Morgan fingerprint density at radius 3 is 2.46 bits per heavy atom. The molecular formula is C8H13CaNO3. The molecule has 13 heavy (non-hydrogen) atoms. The summed E-state index contributed by atoms with van der Waals surface area (Å²) in [5, 5.41) is 27.0. The Hall–Kier alpha value is 0.130. The van der Waals surface area contributed by atoms with Gasteiger partial charge in [0.1, 0.15) is 5.75 Å². The fourth-order valence-electron chi connectivity index (χ4n) is 0.997. The molecule has 1 aromatic rings. The number of aromatic hydroxyl groups is 1. The molecule has 70 valence electrons. The first-order valence-electron chi connectivity index (χ1n) is 3.58. The van der Waals surface area contributed by atoms with E-state index >= 15 is 0 Å². The zero-order chi connectivity index (χ0) is 9.14. The predicted molar refractivity (Wildman–Crippen MR) is 50.5 cm³/mol. The molecule has 4 nitrogen and oxygen atoms in total. The minimum absolute atomic E-state index is 0. The summed E-state index contributed by atoms with van der Waals surface area (Å²) < 4.78 is 0. The summed E-state index contributed by atoms with van der Waals surface area (Å²) in [6.07, 6.45) is 1.45. The molecule has 5 heteroatoms. The van der Waals surface area contributed by atoms with Crippen molar-refractivity contribution in [3.63, 3.8) is 0 Å². The Labute approximate surface area is 109 Å². The topological polar surface area (TPSA) is 73.6 Å². The van der Waals surface area contributed by atoms with Gasteiger partial charge < -0.3 is 18.2 Å². The van der Waals surface area contributed by atoms with Crippen LogP contribution in [0, 0.1) is 6.92 Å². The van der Waals surface area contributed by atoms with Gasteiger partial charge in [0.15, 0.2) is 0 Å². The van der Waals surface area contributed by atoms with Crippen LogP contribution in [0.5, 0.6) is 5.75 Å². The standard InChI is InChI=1S/C8H11NO3.Ca.2H/c1-5-8(12)7(4-11)6(3-10)2-9-5;;;/h2,10-12H,3-4H2,1H3;;;/q;+2;2*-1. The van der Waals surface area contributed by atoms with Crippen LogP contribution in [-0.4, -0.2) is 58.0 Å². The van der Waals surface area contributed by atoms with Crippen LogP contribution in [0.15, 0.2) is 6.20 Å². The van der Waals surface area contributed by atoms with E-state index in [1.807, 2.05) is 0 Å². The van der Waals surface area contributed by atoms with Crippen molar-refractivity contribution in [1.82, 2.24) is 4.98 Å². The third-order valence-electron chi connectivity index (χ3n) is 1.76. The number of aliphatic hydroxyl groups excluding tert-OH is 2. The van der Waals surface area contributed by atoms with E-state index in [-0.39, 0.29) is 59.6 Å². The minimum atomic E-state index is -0.287. The van der Waals surface area contributed by atoms with E-state index in [1.165, 1.54) is 6.20 Å². The Morgan fingerprint density at radius 2 is 2.00 bits per heavy atom. The molecule has 0 aliphatic heterocycles. The smallest absolute Gasteiger partial charge is 1.00 e. The van der Waals surface area contributed by atoms with Crippen LogP contribution in [0.2, 0.25) is 0 Å². The van der Waals surface area contributed by atoms with E-state index in [9.17, 15) is 5.11 Å². The van der Waals surface area contributed by atoms with Gasteiger partial charge in [-0.05, 0) is 6.92 Å². The summed E-state index contributed by atoms with van der Waals surface area (Å²) >= 11 is 0. The summed E-state index contributed by atoms with van der Waals surface area (Å²) in [4.78, 5) is 3.84. The molecular weight excluding hydrogens is 198 g/mol. The van der Waals surface area contributed by atoms with Gasteiger partial charge in [-0.15, -0.1) is 0 Å². The maximum Gasteiger partial charge on any atom is 2.00 e. The molecule has 0 amide bonds. The molecule has 0 fully saturated rings. The normalized spacial score (nSPS) is 9.46. The summed E-state index contributed by atoms with van der Waals surface area (Å²) in [7, 11) is 0. The maximum atomic E-state index is 9.38. The first-order valence-corrected chi connectivity index (χ1v) is 3.58. The second-order valence-electron chi connectivity index (χ2n) is 2.51. The van der Waals surface area contributed by atoms with E-state index in [2.05, 4.69) is 4.98 Å². The van der Waals surface area contributed by atoms with Crippen LogP contribution in [0.25, 0.3) is 0 Å². The fourth-order valence-corrected chi connectivity index (χ4v) is 0.997. The summed E-state index contributed by atoms with van der Waals surface area (Å²) in [5.74, 6) is -0.0379. The van der Waals surface area contributed by atoms with Gasteiger partial charge in [-0.1, -0.05) is 0 Å². The maximum absolute atomic E-state index is 9.38. The molecule has 0 aliphatic rings. The van der Waals surface area contributed by atoms with Crippen molar-refractivity contribution in [2.75, 3.05) is 0 Å². The summed E-state index contributed by atoms with van der Waals surface area (Å²) in [5.41, 5.74) is 1.27.